The summed E-state index contributed by atoms with van der Waals surface area (Å²) in [4.78, 5) is 46.5. The van der Waals surface area contributed by atoms with Gasteiger partial charge in [-0.25, -0.2) is 0 Å². The van der Waals surface area contributed by atoms with E-state index in [0.29, 0.717) is 52.0 Å². The summed E-state index contributed by atoms with van der Waals surface area (Å²) in [6.45, 7) is 10.7. The summed E-state index contributed by atoms with van der Waals surface area (Å²) in [5.74, 6) is 0.899. The van der Waals surface area contributed by atoms with Gasteiger partial charge in [0.25, 0.3) is 0 Å². The third-order valence-corrected chi connectivity index (χ3v) is 7.46. The van der Waals surface area contributed by atoms with E-state index in [1.54, 1.807) is 7.11 Å². The highest BCUT2D eigenvalue weighted by Crippen LogP contribution is 2.30. The number of ether oxygens (including phenoxy) is 1. The van der Waals surface area contributed by atoms with E-state index in [2.05, 4.69) is 11.0 Å². The van der Waals surface area contributed by atoms with E-state index in [0.717, 1.165) is 24.5 Å². The number of amides is 3. The molecule has 0 N–H and O–H groups in total. The number of methoxy groups -OCH3 is 1. The largest absolute Gasteiger partial charge is 0.495 e. The molecule has 4 rings (SSSR count). The van der Waals surface area contributed by atoms with Crippen LogP contribution in [0, 0.1) is 11.8 Å². The van der Waals surface area contributed by atoms with Gasteiger partial charge in [-0.05, 0) is 45.7 Å². The molecule has 34 heavy (non-hydrogen) atoms. The number of piperazine rings is 1. The van der Waals surface area contributed by atoms with Gasteiger partial charge in [-0.1, -0.05) is 12.1 Å². The van der Waals surface area contributed by atoms with Gasteiger partial charge in [-0.15, -0.1) is 0 Å². The quantitative estimate of drug-likeness (QED) is 0.675. The van der Waals surface area contributed by atoms with E-state index < -0.39 is 0 Å². The predicted molar refractivity (Wildman–Crippen MR) is 131 cm³/mol. The zero-order valence-electron chi connectivity index (χ0n) is 21.0. The van der Waals surface area contributed by atoms with Gasteiger partial charge in [0.15, 0.2) is 0 Å². The second kappa shape index (κ2) is 9.84. The van der Waals surface area contributed by atoms with E-state index in [-0.39, 0.29) is 35.1 Å². The summed E-state index contributed by atoms with van der Waals surface area (Å²) >= 11 is 0. The Balaban J connectivity index is 1.26. The van der Waals surface area contributed by atoms with Crippen molar-refractivity contribution in [3.05, 3.63) is 24.3 Å². The Morgan fingerprint density at radius 2 is 1.47 bits per heavy atom. The second-order valence-corrected chi connectivity index (χ2v) is 10.7. The van der Waals surface area contributed by atoms with Crippen molar-refractivity contribution in [2.75, 3.05) is 57.8 Å². The number of para-hydroxylation sites is 2. The summed E-state index contributed by atoms with van der Waals surface area (Å²) in [7, 11) is 1.68. The van der Waals surface area contributed by atoms with Crippen LogP contribution in [0.5, 0.6) is 5.75 Å². The minimum absolute atomic E-state index is 0.0295. The van der Waals surface area contributed by atoms with E-state index >= 15 is 0 Å². The fourth-order valence-electron chi connectivity index (χ4n) is 5.44. The van der Waals surface area contributed by atoms with Crippen molar-refractivity contribution in [3.63, 3.8) is 0 Å². The summed E-state index contributed by atoms with van der Waals surface area (Å²) < 4.78 is 5.49. The fraction of sp³-hybridized carbons (Fsp3) is 0.654. The average molecular weight is 471 g/mol. The number of benzene rings is 1. The smallest absolute Gasteiger partial charge is 0.227 e. The standard InChI is InChI=1S/C26H38N4O4/c1-26(2,3)30-18-20(17-23(30)31)25(33)28-11-9-19(10-12-28)24(32)29-15-13-27(14-16-29)21-7-5-6-8-22(21)34-4/h5-8,19-20H,9-18H2,1-4H3/t20-/m1/s1. The molecule has 0 unspecified atom stereocenters. The number of hydrogen-bond donors (Lipinski definition) is 0. The fourth-order valence-corrected chi connectivity index (χ4v) is 5.44. The first-order valence-electron chi connectivity index (χ1n) is 12.4. The van der Waals surface area contributed by atoms with E-state index in [1.807, 2.05) is 53.7 Å². The zero-order chi connectivity index (χ0) is 24.5. The normalized spacial score (nSPS) is 22.4. The van der Waals surface area contributed by atoms with Gasteiger partial charge in [-0.3, -0.25) is 14.4 Å². The molecule has 0 bridgehead atoms. The van der Waals surface area contributed by atoms with Crippen molar-refractivity contribution in [1.29, 1.82) is 0 Å². The third kappa shape index (κ3) is 5.00. The molecule has 3 aliphatic rings. The highest BCUT2D eigenvalue weighted by molar-refractivity contribution is 5.90. The molecule has 0 radical (unpaired) electrons. The SMILES string of the molecule is COc1ccccc1N1CCN(C(=O)C2CCN(C(=O)[C@@H]3CC(=O)N(C(C)(C)C)C3)CC2)CC1. The topological polar surface area (TPSA) is 73.4 Å². The van der Waals surface area contributed by atoms with E-state index in [1.165, 1.54) is 0 Å². The molecule has 1 atom stereocenters. The predicted octanol–water partition coefficient (Wildman–Crippen LogP) is 2.23. The van der Waals surface area contributed by atoms with Crippen molar-refractivity contribution in [2.24, 2.45) is 11.8 Å². The number of carbonyl (C=O) groups is 3. The van der Waals surface area contributed by atoms with Crippen LogP contribution in [0.15, 0.2) is 24.3 Å². The summed E-state index contributed by atoms with van der Waals surface area (Å²) in [6.07, 6.45) is 1.69. The van der Waals surface area contributed by atoms with Crippen LogP contribution in [0.1, 0.15) is 40.0 Å². The number of anilines is 1. The number of carbonyl (C=O) groups excluding carboxylic acids is 3. The molecule has 1 aromatic carbocycles. The minimum atomic E-state index is -0.263. The molecular formula is C26H38N4O4. The van der Waals surface area contributed by atoms with Gasteiger partial charge in [-0.2, -0.15) is 0 Å². The monoisotopic (exact) mass is 470 g/mol. The molecule has 8 heteroatoms. The Morgan fingerprint density at radius 1 is 0.882 bits per heavy atom. The van der Waals surface area contributed by atoms with Gasteiger partial charge in [0.2, 0.25) is 17.7 Å². The Morgan fingerprint density at radius 3 is 2.06 bits per heavy atom. The Bertz CT molecular complexity index is 912. The number of likely N-dealkylation sites (tertiary alicyclic amines) is 2. The first-order chi connectivity index (χ1) is 16.2. The third-order valence-electron chi connectivity index (χ3n) is 7.46. The van der Waals surface area contributed by atoms with Crippen LogP contribution in [0.4, 0.5) is 5.69 Å². The second-order valence-electron chi connectivity index (χ2n) is 10.7. The van der Waals surface area contributed by atoms with Crippen LogP contribution in [0.25, 0.3) is 0 Å². The average Bonchev–Trinajstić information content (AvgIpc) is 3.25. The van der Waals surface area contributed by atoms with E-state index in [9.17, 15) is 14.4 Å². The number of hydrogen-bond acceptors (Lipinski definition) is 5. The molecule has 3 amide bonds. The number of piperidine rings is 1. The van der Waals surface area contributed by atoms with Crippen LogP contribution in [0.2, 0.25) is 0 Å². The van der Waals surface area contributed by atoms with Gasteiger partial charge in [0.05, 0.1) is 18.7 Å². The lowest BCUT2D eigenvalue weighted by Gasteiger charge is -2.40. The molecule has 0 aromatic heterocycles. The van der Waals surface area contributed by atoms with Gasteiger partial charge in [0, 0.05) is 63.7 Å². The van der Waals surface area contributed by atoms with Crippen molar-refractivity contribution in [3.8, 4) is 5.75 Å². The van der Waals surface area contributed by atoms with Crippen LogP contribution >= 0.6 is 0 Å². The van der Waals surface area contributed by atoms with Crippen LogP contribution in [-0.4, -0.2) is 90.9 Å². The molecule has 0 saturated carbocycles. The minimum Gasteiger partial charge on any atom is -0.495 e. The van der Waals surface area contributed by atoms with Crippen LogP contribution in [-0.2, 0) is 14.4 Å². The molecule has 0 spiro atoms. The maximum atomic E-state index is 13.2. The highest BCUT2D eigenvalue weighted by atomic mass is 16.5. The lowest BCUT2D eigenvalue weighted by Crippen LogP contribution is -2.52. The van der Waals surface area contributed by atoms with Crippen LogP contribution in [0.3, 0.4) is 0 Å². The molecular weight excluding hydrogens is 432 g/mol. The highest BCUT2D eigenvalue weighted by Gasteiger charge is 2.42. The molecule has 8 nitrogen and oxygen atoms in total. The van der Waals surface area contributed by atoms with Crippen molar-refractivity contribution < 1.29 is 19.1 Å². The molecule has 3 fully saturated rings. The van der Waals surface area contributed by atoms with E-state index in [4.69, 9.17) is 4.74 Å². The molecule has 3 heterocycles. The zero-order valence-corrected chi connectivity index (χ0v) is 21.0. The first-order valence-corrected chi connectivity index (χ1v) is 12.4. The van der Waals surface area contributed by atoms with Crippen molar-refractivity contribution in [1.82, 2.24) is 14.7 Å². The molecule has 186 valence electrons. The Labute approximate surface area is 202 Å². The van der Waals surface area contributed by atoms with Crippen LogP contribution < -0.4 is 9.64 Å². The van der Waals surface area contributed by atoms with Gasteiger partial charge in [0.1, 0.15) is 5.75 Å². The Kier molecular flexibility index (Phi) is 7.05. The Hall–Kier alpha value is -2.77. The lowest BCUT2D eigenvalue weighted by molar-refractivity contribution is -0.142. The van der Waals surface area contributed by atoms with Gasteiger partial charge < -0.3 is 24.3 Å². The molecule has 0 aliphatic carbocycles. The first kappa shape index (κ1) is 24.4. The molecule has 3 aliphatic heterocycles. The lowest BCUT2D eigenvalue weighted by atomic mass is 9.93. The summed E-state index contributed by atoms with van der Waals surface area (Å²) in [6, 6.07) is 7.99. The number of rotatable bonds is 4. The number of nitrogens with zero attached hydrogens (tertiary/aromatic N) is 4. The maximum Gasteiger partial charge on any atom is 0.227 e. The summed E-state index contributed by atoms with van der Waals surface area (Å²) in [5, 5.41) is 0. The van der Waals surface area contributed by atoms with Crippen molar-refractivity contribution >= 4 is 23.4 Å². The molecule has 3 saturated heterocycles. The van der Waals surface area contributed by atoms with Gasteiger partial charge >= 0.3 is 0 Å². The van der Waals surface area contributed by atoms with Crippen molar-refractivity contribution in [2.45, 2.75) is 45.6 Å². The maximum absolute atomic E-state index is 13.2. The molecule has 1 aromatic rings. The summed E-state index contributed by atoms with van der Waals surface area (Å²) in [5.41, 5.74) is 0.806.